The molecular weight excluding hydrogens is 276 g/mol. The zero-order valence-electron chi connectivity index (χ0n) is 11.3. The Hall–Kier alpha value is -2.00. The van der Waals surface area contributed by atoms with E-state index in [9.17, 15) is 4.79 Å². The van der Waals surface area contributed by atoms with Crippen LogP contribution in [0.4, 0.5) is 0 Å². The van der Waals surface area contributed by atoms with Crippen molar-refractivity contribution in [2.45, 2.75) is 20.5 Å². The molecule has 0 unspecified atom stereocenters. The molecule has 0 aliphatic heterocycles. The van der Waals surface area contributed by atoms with E-state index in [1.165, 1.54) is 12.1 Å². The van der Waals surface area contributed by atoms with Crippen molar-refractivity contribution >= 4 is 17.6 Å². The number of ether oxygens (including phenoxy) is 1. The SMILES string of the molecule is Cc1cc(C)cc(OCc2ccc(C(=O)O)cc2Cl)c1. The molecule has 4 heteroatoms. The van der Waals surface area contributed by atoms with Crippen LogP contribution in [-0.4, -0.2) is 11.1 Å². The monoisotopic (exact) mass is 290 g/mol. The first-order valence-corrected chi connectivity index (χ1v) is 6.56. The lowest BCUT2D eigenvalue weighted by Crippen LogP contribution is -2.00. The molecule has 1 N–H and O–H groups in total. The summed E-state index contributed by atoms with van der Waals surface area (Å²) >= 11 is 6.06. The van der Waals surface area contributed by atoms with Gasteiger partial charge < -0.3 is 9.84 Å². The maximum Gasteiger partial charge on any atom is 0.335 e. The molecule has 0 fully saturated rings. The van der Waals surface area contributed by atoms with Gasteiger partial charge in [-0.25, -0.2) is 4.79 Å². The lowest BCUT2D eigenvalue weighted by molar-refractivity contribution is 0.0697. The van der Waals surface area contributed by atoms with Crippen LogP contribution < -0.4 is 4.74 Å². The highest BCUT2D eigenvalue weighted by atomic mass is 35.5. The highest BCUT2D eigenvalue weighted by Crippen LogP contribution is 2.22. The maximum atomic E-state index is 10.8. The topological polar surface area (TPSA) is 46.5 Å². The largest absolute Gasteiger partial charge is 0.489 e. The molecular formula is C16H15ClO3. The predicted molar refractivity (Wildman–Crippen MR) is 78.7 cm³/mol. The molecule has 0 bridgehead atoms. The summed E-state index contributed by atoms with van der Waals surface area (Å²) in [5.74, 6) is -0.213. The minimum atomic E-state index is -0.992. The Labute approximate surface area is 122 Å². The summed E-state index contributed by atoms with van der Waals surface area (Å²) in [7, 11) is 0. The van der Waals surface area contributed by atoms with E-state index >= 15 is 0 Å². The molecule has 104 valence electrons. The van der Waals surface area contributed by atoms with Crippen molar-refractivity contribution in [3.8, 4) is 5.75 Å². The van der Waals surface area contributed by atoms with Crippen LogP contribution in [-0.2, 0) is 6.61 Å². The standard InChI is InChI=1S/C16H15ClO3/c1-10-5-11(2)7-14(6-10)20-9-13-4-3-12(16(18)19)8-15(13)17/h3-8H,9H2,1-2H3,(H,18,19). The van der Waals surface area contributed by atoms with Gasteiger partial charge in [0.15, 0.2) is 0 Å². The number of halogens is 1. The van der Waals surface area contributed by atoms with E-state index in [1.807, 2.05) is 26.0 Å². The summed E-state index contributed by atoms with van der Waals surface area (Å²) in [6, 6.07) is 10.6. The van der Waals surface area contributed by atoms with Gasteiger partial charge in [0.1, 0.15) is 12.4 Å². The van der Waals surface area contributed by atoms with Crippen molar-refractivity contribution in [3.63, 3.8) is 0 Å². The summed E-state index contributed by atoms with van der Waals surface area (Å²) in [5.41, 5.74) is 3.20. The highest BCUT2D eigenvalue weighted by Gasteiger charge is 2.07. The maximum absolute atomic E-state index is 10.8. The Morgan fingerprint density at radius 2 is 1.80 bits per heavy atom. The van der Waals surface area contributed by atoms with Crippen LogP contribution in [0.15, 0.2) is 36.4 Å². The first-order valence-electron chi connectivity index (χ1n) is 6.18. The molecule has 0 aliphatic rings. The first-order chi connectivity index (χ1) is 9.45. The number of carboxylic acid groups (broad SMARTS) is 1. The van der Waals surface area contributed by atoms with E-state index in [1.54, 1.807) is 6.07 Å². The molecule has 0 radical (unpaired) electrons. The number of carbonyl (C=O) groups is 1. The van der Waals surface area contributed by atoms with Crippen molar-refractivity contribution in [3.05, 3.63) is 63.7 Å². The molecule has 2 rings (SSSR count). The molecule has 0 aromatic heterocycles. The molecule has 0 amide bonds. The zero-order valence-corrected chi connectivity index (χ0v) is 12.1. The van der Waals surface area contributed by atoms with E-state index < -0.39 is 5.97 Å². The van der Waals surface area contributed by atoms with Gasteiger partial charge in [0, 0.05) is 10.6 Å². The van der Waals surface area contributed by atoms with E-state index in [-0.39, 0.29) is 5.56 Å². The average Bonchev–Trinajstić information content (AvgIpc) is 2.36. The Kier molecular flexibility index (Phi) is 4.30. The number of benzene rings is 2. The van der Waals surface area contributed by atoms with E-state index in [4.69, 9.17) is 21.4 Å². The number of aromatic carboxylic acids is 1. The van der Waals surface area contributed by atoms with Gasteiger partial charge in [-0.3, -0.25) is 0 Å². The number of hydrogen-bond donors (Lipinski definition) is 1. The molecule has 0 saturated carbocycles. The highest BCUT2D eigenvalue weighted by molar-refractivity contribution is 6.31. The van der Waals surface area contributed by atoms with Crippen LogP contribution in [0.25, 0.3) is 0 Å². The van der Waals surface area contributed by atoms with Gasteiger partial charge in [-0.2, -0.15) is 0 Å². The third-order valence-electron chi connectivity index (χ3n) is 2.89. The molecule has 0 heterocycles. The van der Waals surface area contributed by atoms with Crippen molar-refractivity contribution in [1.29, 1.82) is 0 Å². The molecule has 2 aromatic carbocycles. The third-order valence-corrected chi connectivity index (χ3v) is 3.24. The fraction of sp³-hybridized carbons (Fsp3) is 0.188. The lowest BCUT2D eigenvalue weighted by atomic mass is 10.1. The van der Waals surface area contributed by atoms with Crippen LogP contribution in [0.1, 0.15) is 27.0 Å². The summed E-state index contributed by atoms with van der Waals surface area (Å²) in [6.07, 6.45) is 0. The van der Waals surface area contributed by atoms with Gasteiger partial charge in [-0.1, -0.05) is 23.7 Å². The second-order valence-corrected chi connectivity index (χ2v) is 5.13. The third kappa shape index (κ3) is 3.52. The molecule has 0 saturated heterocycles. The minimum absolute atomic E-state index is 0.171. The first kappa shape index (κ1) is 14.4. The Morgan fingerprint density at radius 3 is 2.35 bits per heavy atom. The van der Waals surface area contributed by atoms with Crippen LogP contribution in [0, 0.1) is 13.8 Å². The molecule has 3 nitrogen and oxygen atoms in total. The fourth-order valence-electron chi connectivity index (χ4n) is 1.97. The molecule has 2 aromatic rings. The van der Waals surface area contributed by atoms with E-state index in [2.05, 4.69) is 6.07 Å². The van der Waals surface area contributed by atoms with Crippen molar-refractivity contribution in [1.82, 2.24) is 0 Å². The quantitative estimate of drug-likeness (QED) is 0.916. The summed E-state index contributed by atoms with van der Waals surface area (Å²) in [6.45, 7) is 4.32. The average molecular weight is 291 g/mol. The summed E-state index contributed by atoms with van der Waals surface area (Å²) in [4.78, 5) is 10.8. The Bertz CT molecular complexity index is 630. The second-order valence-electron chi connectivity index (χ2n) is 4.72. The number of aryl methyl sites for hydroxylation is 2. The van der Waals surface area contributed by atoms with Gasteiger partial charge >= 0.3 is 5.97 Å². The van der Waals surface area contributed by atoms with Gasteiger partial charge in [0.25, 0.3) is 0 Å². The Morgan fingerprint density at radius 1 is 1.15 bits per heavy atom. The van der Waals surface area contributed by atoms with E-state index in [0.717, 1.165) is 22.4 Å². The summed E-state index contributed by atoms with van der Waals surface area (Å²) in [5, 5.41) is 9.28. The van der Waals surface area contributed by atoms with E-state index in [0.29, 0.717) is 11.6 Å². The van der Waals surface area contributed by atoms with Crippen LogP contribution in [0.3, 0.4) is 0 Å². The van der Waals surface area contributed by atoms with Crippen LogP contribution >= 0.6 is 11.6 Å². The molecule has 0 aliphatic carbocycles. The van der Waals surface area contributed by atoms with Gasteiger partial charge in [-0.05, 0) is 49.2 Å². The van der Waals surface area contributed by atoms with Gasteiger partial charge in [0.05, 0.1) is 5.56 Å². The fourth-order valence-corrected chi connectivity index (χ4v) is 2.21. The minimum Gasteiger partial charge on any atom is -0.489 e. The summed E-state index contributed by atoms with van der Waals surface area (Å²) < 4.78 is 5.70. The number of carboxylic acids is 1. The van der Waals surface area contributed by atoms with Crippen LogP contribution in [0.2, 0.25) is 5.02 Å². The lowest BCUT2D eigenvalue weighted by Gasteiger charge is -2.10. The smallest absolute Gasteiger partial charge is 0.335 e. The predicted octanol–water partition coefficient (Wildman–Crippen LogP) is 4.23. The molecule has 0 spiro atoms. The normalized spacial score (nSPS) is 10.3. The zero-order chi connectivity index (χ0) is 14.7. The molecule has 20 heavy (non-hydrogen) atoms. The van der Waals surface area contributed by atoms with Crippen molar-refractivity contribution in [2.75, 3.05) is 0 Å². The van der Waals surface area contributed by atoms with Gasteiger partial charge in [0.2, 0.25) is 0 Å². The van der Waals surface area contributed by atoms with Gasteiger partial charge in [-0.15, -0.1) is 0 Å². The van der Waals surface area contributed by atoms with Crippen LogP contribution in [0.5, 0.6) is 5.75 Å². The second kappa shape index (κ2) is 5.97. The van der Waals surface area contributed by atoms with Crippen molar-refractivity contribution < 1.29 is 14.6 Å². The molecule has 0 atom stereocenters. The number of hydrogen-bond acceptors (Lipinski definition) is 2. The Balaban J connectivity index is 2.12. The van der Waals surface area contributed by atoms with Crippen molar-refractivity contribution in [2.24, 2.45) is 0 Å². The number of rotatable bonds is 4.